The third-order valence-corrected chi connectivity index (χ3v) is 5.50. The second-order valence-electron chi connectivity index (χ2n) is 7.04. The van der Waals surface area contributed by atoms with Gasteiger partial charge in [-0.2, -0.15) is 0 Å². The number of likely N-dealkylation sites (tertiary alicyclic amines) is 1. The molecular formula is C22H27Cl2NO. The molecule has 2 nitrogen and oxygen atoms in total. The van der Waals surface area contributed by atoms with Crippen LogP contribution in [0.4, 0.5) is 0 Å². The van der Waals surface area contributed by atoms with Crippen molar-refractivity contribution in [2.24, 2.45) is 0 Å². The second kappa shape index (κ2) is 10.7. The standard InChI is InChI=1S/C22H26ClNO.ClH/c23-20-12-10-19(11-13-20)22(25)21(18-8-4-3-5-9-18)14-17-24-15-6-1-2-7-16-24;/h3-5,8-13,21H,1-2,6-7,14-17H2;1H. The van der Waals surface area contributed by atoms with Gasteiger partial charge in [-0.15, -0.1) is 0 Å². The van der Waals surface area contributed by atoms with Gasteiger partial charge >= 0.3 is 0 Å². The first-order valence-corrected chi connectivity index (χ1v) is 9.80. The average molecular weight is 392 g/mol. The Hall–Kier alpha value is -1.35. The molecule has 1 N–H and O–H groups in total. The maximum absolute atomic E-state index is 13.1. The van der Waals surface area contributed by atoms with E-state index in [1.807, 2.05) is 30.3 Å². The largest absolute Gasteiger partial charge is 1.00 e. The van der Waals surface area contributed by atoms with Crippen LogP contribution < -0.4 is 17.3 Å². The van der Waals surface area contributed by atoms with Gasteiger partial charge in [-0.3, -0.25) is 4.79 Å². The Morgan fingerprint density at radius 3 is 2.15 bits per heavy atom. The summed E-state index contributed by atoms with van der Waals surface area (Å²) in [6, 6.07) is 17.5. The van der Waals surface area contributed by atoms with Crippen LogP contribution in [-0.2, 0) is 0 Å². The third-order valence-electron chi connectivity index (χ3n) is 5.24. The van der Waals surface area contributed by atoms with Crippen molar-refractivity contribution in [1.82, 2.24) is 0 Å². The summed E-state index contributed by atoms with van der Waals surface area (Å²) in [5.74, 6) is 0.134. The predicted molar refractivity (Wildman–Crippen MR) is 104 cm³/mol. The Labute approximate surface area is 168 Å². The zero-order chi connectivity index (χ0) is 17.5. The number of Topliss-reactive ketones (excluding diaryl/α,β-unsaturated/α-hetero) is 1. The first-order valence-electron chi connectivity index (χ1n) is 9.42. The fourth-order valence-electron chi connectivity index (χ4n) is 3.78. The molecule has 1 saturated heterocycles. The number of benzene rings is 2. The molecule has 4 heteroatoms. The van der Waals surface area contributed by atoms with E-state index in [1.54, 1.807) is 17.0 Å². The van der Waals surface area contributed by atoms with Crippen LogP contribution in [0.15, 0.2) is 54.6 Å². The van der Waals surface area contributed by atoms with E-state index >= 15 is 0 Å². The predicted octanol–water partition coefficient (Wildman–Crippen LogP) is 1.16. The van der Waals surface area contributed by atoms with Crippen molar-refractivity contribution in [3.63, 3.8) is 0 Å². The van der Waals surface area contributed by atoms with Crippen LogP contribution in [0.1, 0.15) is 53.9 Å². The first kappa shape index (κ1) is 21.0. The van der Waals surface area contributed by atoms with Crippen molar-refractivity contribution in [2.75, 3.05) is 19.6 Å². The summed E-state index contributed by atoms with van der Waals surface area (Å²) in [6.07, 6.45) is 6.25. The van der Waals surface area contributed by atoms with Gasteiger partial charge in [0.1, 0.15) is 0 Å². The lowest BCUT2D eigenvalue weighted by Crippen LogP contribution is -3.11. The second-order valence-corrected chi connectivity index (χ2v) is 7.47. The molecule has 2 aromatic rings. The fraction of sp³-hybridized carbons (Fsp3) is 0.409. The van der Waals surface area contributed by atoms with Gasteiger partial charge in [-0.05, 0) is 55.5 Å². The van der Waals surface area contributed by atoms with Crippen molar-refractivity contribution < 1.29 is 22.1 Å². The van der Waals surface area contributed by atoms with Crippen LogP contribution in [0.5, 0.6) is 0 Å². The zero-order valence-electron chi connectivity index (χ0n) is 15.1. The molecule has 1 unspecified atom stereocenters. The van der Waals surface area contributed by atoms with Crippen molar-refractivity contribution in [3.8, 4) is 0 Å². The highest BCUT2D eigenvalue weighted by Gasteiger charge is 2.24. The van der Waals surface area contributed by atoms with E-state index in [1.165, 1.54) is 38.8 Å². The normalized spacial score (nSPS) is 16.3. The molecule has 1 heterocycles. The Kier molecular flexibility index (Phi) is 8.64. The Morgan fingerprint density at radius 2 is 1.54 bits per heavy atom. The van der Waals surface area contributed by atoms with Gasteiger partial charge in [0.05, 0.1) is 25.6 Å². The molecule has 26 heavy (non-hydrogen) atoms. The molecular weight excluding hydrogens is 365 g/mol. The lowest BCUT2D eigenvalue weighted by atomic mass is 9.88. The molecule has 1 aliphatic heterocycles. The molecule has 1 fully saturated rings. The molecule has 3 rings (SSSR count). The number of carbonyl (C=O) groups excluding carboxylic acids is 1. The molecule has 0 spiro atoms. The molecule has 2 aromatic carbocycles. The molecule has 140 valence electrons. The van der Waals surface area contributed by atoms with Crippen molar-refractivity contribution in [2.45, 2.75) is 38.0 Å². The number of rotatable bonds is 6. The van der Waals surface area contributed by atoms with E-state index < -0.39 is 0 Å². The summed E-state index contributed by atoms with van der Waals surface area (Å²) in [6.45, 7) is 3.56. The topological polar surface area (TPSA) is 21.5 Å². The van der Waals surface area contributed by atoms with Crippen molar-refractivity contribution >= 4 is 17.4 Å². The van der Waals surface area contributed by atoms with Crippen LogP contribution >= 0.6 is 11.6 Å². The Bertz CT molecular complexity index is 664. The van der Waals surface area contributed by atoms with E-state index in [0.717, 1.165) is 24.1 Å². The molecule has 1 aliphatic rings. The minimum absolute atomic E-state index is 0. The average Bonchev–Trinajstić information content (AvgIpc) is 2.92. The number of hydrogen-bond donors (Lipinski definition) is 1. The maximum atomic E-state index is 13.1. The smallest absolute Gasteiger partial charge is 0.170 e. The van der Waals surface area contributed by atoms with Crippen LogP contribution in [-0.4, -0.2) is 25.4 Å². The Morgan fingerprint density at radius 1 is 0.923 bits per heavy atom. The van der Waals surface area contributed by atoms with E-state index in [4.69, 9.17) is 11.6 Å². The van der Waals surface area contributed by atoms with Gasteiger partial charge in [0.15, 0.2) is 5.78 Å². The maximum Gasteiger partial charge on any atom is 0.170 e. The lowest BCUT2D eigenvalue weighted by molar-refractivity contribution is -0.899. The zero-order valence-corrected chi connectivity index (χ0v) is 16.6. The van der Waals surface area contributed by atoms with Crippen molar-refractivity contribution in [1.29, 1.82) is 0 Å². The van der Waals surface area contributed by atoms with Crippen molar-refractivity contribution in [3.05, 3.63) is 70.7 Å². The number of halogens is 2. The minimum atomic E-state index is -0.0712. The Balaban J connectivity index is 0.00000243. The van der Waals surface area contributed by atoms with Crippen LogP contribution in [0, 0.1) is 0 Å². The lowest BCUT2D eigenvalue weighted by Gasteiger charge is -2.21. The molecule has 0 saturated carbocycles. The number of hydrogen-bond acceptors (Lipinski definition) is 1. The SMILES string of the molecule is O=C(c1ccc(Cl)cc1)C(CC[NH+]1CCCCCC1)c1ccccc1.[Cl-]. The quantitative estimate of drug-likeness (QED) is 0.733. The van der Waals surface area contributed by atoms with E-state index in [2.05, 4.69) is 12.1 Å². The molecule has 1 atom stereocenters. The highest BCUT2D eigenvalue weighted by Crippen LogP contribution is 2.24. The number of quaternary nitrogens is 1. The minimum Gasteiger partial charge on any atom is -1.00 e. The first-order chi connectivity index (χ1) is 12.2. The highest BCUT2D eigenvalue weighted by atomic mass is 35.5. The molecule has 0 aromatic heterocycles. The van der Waals surface area contributed by atoms with E-state index in [-0.39, 0.29) is 24.1 Å². The van der Waals surface area contributed by atoms with Crippen LogP contribution in [0.25, 0.3) is 0 Å². The molecule has 0 radical (unpaired) electrons. The summed E-state index contributed by atoms with van der Waals surface area (Å²) >= 11 is 5.98. The van der Waals surface area contributed by atoms with E-state index in [9.17, 15) is 4.79 Å². The molecule has 0 bridgehead atoms. The third kappa shape index (κ3) is 5.84. The van der Waals surface area contributed by atoms with Gasteiger partial charge in [0.25, 0.3) is 0 Å². The van der Waals surface area contributed by atoms with Gasteiger partial charge < -0.3 is 17.3 Å². The van der Waals surface area contributed by atoms with Gasteiger partial charge in [-0.25, -0.2) is 0 Å². The van der Waals surface area contributed by atoms with Crippen LogP contribution in [0.2, 0.25) is 5.02 Å². The number of carbonyl (C=O) groups is 1. The summed E-state index contributed by atoms with van der Waals surface area (Å²) in [7, 11) is 0. The molecule has 0 amide bonds. The van der Waals surface area contributed by atoms with E-state index in [0.29, 0.717) is 5.02 Å². The summed E-state index contributed by atoms with van der Waals surface area (Å²) in [4.78, 5) is 14.8. The highest BCUT2D eigenvalue weighted by molar-refractivity contribution is 6.30. The van der Waals surface area contributed by atoms with Gasteiger partial charge in [0.2, 0.25) is 0 Å². The number of ketones is 1. The summed E-state index contributed by atoms with van der Waals surface area (Å²) in [5.41, 5.74) is 1.88. The summed E-state index contributed by atoms with van der Waals surface area (Å²) < 4.78 is 0. The summed E-state index contributed by atoms with van der Waals surface area (Å²) in [5, 5.41) is 0.668. The monoisotopic (exact) mass is 391 g/mol. The van der Waals surface area contributed by atoms with Gasteiger partial charge in [0, 0.05) is 17.0 Å². The molecule has 0 aliphatic carbocycles. The van der Waals surface area contributed by atoms with Crippen LogP contribution in [0.3, 0.4) is 0 Å². The number of nitrogens with one attached hydrogen (secondary N) is 1. The van der Waals surface area contributed by atoms with Gasteiger partial charge in [-0.1, -0.05) is 41.9 Å². The fourth-order valence-corrected chi connectivity index (χ4v) is 3.90.